The average molecular weight is 767 g/mol. The maximum absolute atomic E-state index is 2.94. The molecule has 59 heavy (non-hydrogen) atoms. The van der Waals surface area contributed by atoms with Crippen LogP contribution in [0, 0.1) is 62.3 Å². The van der Waals surface area contributed by atoms with Gasteiger partial charge in [0.15, 0.2) is 0 Å². The van der Waals surface area contributed by atoms with Gasteiger partial charge in [0, 0.05) is 17.7 Å². The van der Waals surface area contributed by atoms with Crippen LogP contribution in [0.1, 0.15) is 78.4 Å². The van der Waals surface area contributed by atoms with Crippen molar-refractivity contribution < 1.29 is 4.49 Å². The minimum atomic E-state index is -1.72. The van der Waals surface area contributed by atoms with E-state index in [0.29, 0.717) is 0 Å². The Bertz CT molecular complexity index is 2660. The molecule has 0 N–H and O–H groups in total. The molecule has 0 aromatic heterocycles. The SMILES string of the molecule is Cc1cc(C)c(B2c3ccccc3[C@@H](C3=[N+](Cc4ccccc4)[B-](c4c(C)cc(C)cc4C)(c4c(C)cc(C)cc4C)c4ccccc43)N2Cc2ccccc2)c(C)c1. The summed E-state index contributed by atoms with van der Waals surface area (Å²) in [6, 6.07) is 55.7. The zero-order chi connectivity index (χ0) is 41.2. The third-order valence-corrected chi connectivity index (χ3v) is 13.7. The van der Waals surface area contributed by atoms with Crippen LogP contribution >= 0.6 is 0 Å². The van der Waals surface area contributed by atoms with E-state index < -0.39 is 6.28 Å². The molecule has 0 bridgehead atoms. The molecule has 2 heterocycles. The quantitative estimate of drug-likeness (QED) is 0.140. The number of nitrogens with zero attached hydrogens (tertiary/aromatic N) is 2. The minimum absolute atomic E-state index is 0.0257. The van der Waals surface area contributed by atoms with Crippen LogP contribution in [0.4, 0.5) is 0 Å². The molecular weight excluding hydrogens is 710 g/mol. The first kappa shape index (κ1) is 38.8. The first-order chi connectivity index (χ1) is 28.5. The molecule has 2 aliphatic heterocycles. The number of rotatable bonds is 8. The summed E-state index contributed by atoms with van der Waals surface area (Å²) >= 11 is 0. The number of hydrogen-bond donors (Lipinski definition) is 0. The molecule has 0 radical (unpaired) electrons. The summed E-state index contributed by atoms with van der Waals surface area (Å²) in [5, 5.41) is 0. The van der Waals surface area contributed by atoms with Crippen molar-refractivity contribution >= 4 is 46.2 Å². The molecule has 0 amide bonds. The van der Waals surface area contributed by atoms with Gasteiger partial charge >= 0.3 is 6.28 Å². The number of benzene rings is 7. The van der Waals surface area contributed by atoms with E-state index >= 15 is 0 Å². The van der Waals surface area contributed by atoms with Crippen molar-refractivity contribution in [2.24, 2.45) is 0 Å². The fourth-order valence-electron chi connectivity index (χ4n) is 12.1. The van der Waals surface area contributed by atoms with Gasteiger partial charge in [-0.15, -0.1) is 16.4 Å². The summed E-state index contributed by atoms with van der Waals surface area (Å²) in [5.41, 5.74) is 26.0. The fourth-order valence-corrected chi connectivity index (χ4v) is 12.1. The summed E-state index contributed by atoms with van der Waals surface area (Å²) < 4.78 is 2.94. The molecule has 0 unspecified atom stereocenters. The highest BCUT2D eigenvalue weighted by atomic mass is 15.2. The Balaban J connectivity index is 1.47. The lowest BCUT2D eigenvalue weighted by Crippen LogP contribution is -2.75. The maximum atomic E-state index is 2.94. The lowest BCUT2D eigenvalue weighted by atomic mass is 9.22. The Morgan fingerprint density at radius 3 is 1.53 bits per heavy atom. The zero-order valence-electron chi connectivity index (χ0n) is 36.4. The van der Waals surface area contributed by atoms with Gasteiger partial charge in [0.2, 0.25) is 0 Å². The molecule has 1 atom stereocenters. The van der Waals surface area contributed by atoms with Crippen molar-refractivity contribution in [3.63, 3.8) is 0 Å². The molecule has 0 saturated heterocycles. The van der Waals surface area contributed by atoms with Gasteiger partial charge in [-0.2, -0.15) is 0 Å². The Morgan fingerprint density at radius 1 is 0.508 bits per heavy atom. The van der Waals surface area contributed by atoms with Crippen molar-refractivity contribution in [2.75, 3.05) is 0 Å². The molecule has 4 heteroatoms. The third-order valence-electron chi connectivity index (χ3n) is 13.7. The summed E-state index contributed by atoms with van der Waals surface area (Å²) in [5.74, 6) is 0. The van der Waals surface area contributed by atoms with Crippen LogP contribution in [-0.4, -0.2) is 28.1 Å². The van der Waals surface area contributed by atoms with Crippen molar-refractivity contribution in [2.45, 2.75) is 81.4 Å². The molecule has 0 aliphatic carbocycles. The van der Waals surface area contributed by atoms with Crippen molar-refractivity contribution in [1.29, 1.82) is 0 Å². The maximum Gasteiger partial charge on any atom is 0.357 e. The molecule has 0 fully saturated rings. The van der Waals surface area contributed by atoms with Crippen LogP contribution in [0.3, 0.4) is 0 Å². The van der Waals surface area contributed by atoms with Gasteiger partial charge in [0.05, 0.1) is 0 Å². The van der Waals surface area contributed by atoms with Gasteiger partial charge in [0.25, 0.3) is 6.85 Å². The van der Waals surface area contributed by atoms with Gasteiger partial charge in [-0.1, -0.05) is 207 Å². The van der Waals surface area contributed by atoms with E-state index in [0.717, 1.165) is 13.1 Å². The fraction of sp³-hybridized carbons (Fsp3) is 0.218. The summed E-state index contributed by atoms with van der Waals surface area (Å²) in [6.45, 7) is 22.5. The van der Waals surface area contributed by atoms with E-state index in [1.54, 1.807) is 0 Å². The zero-order valence-corrected chi connectivity index (χ0v) is 36.4. The van der Waals surface area contributed by atoms with E-state index in [1.165, 1.54) is 105 Å². The molecule has 2 aliphatic rings. The highest BCUT2D eigenvalue weighted by molar-refractivity contribution is 7.08. The van der Waals surface area contributed by atoms with Crippen molar-refractivity contribution in [3.8, 4) is 0 Å². The van der Waals surface area contributed by atoms with E-state index in [1.807, 2.05) is 0 Å². The predicted molar refractivity (Wildman–Crippen MR) is 254 cm³/mol. The van der Waals surface area contributed by atoms with Crippen molar-refractivity contribution in [3.05, 3.63) is 218 Å². The van der Waals surface area contributed by atoms with E-state index in [2.05, 4.69) is 217 Å². The molecule has 7 aromatic carbocycles. The van der Waals surface area contributed by atoms with Crippen LogP contribution in [0.15, 0.2) is 146 Å². The second-order valence-corrected chi connectivity index (χ2v) is 17.9. The van der Waals surface area contributed by atoms with E-state index in [-0.39, 0.29) is 12.9 Å². The summed E-state index contributed by atoms with van der Waals surface area (Å²) in [6.07, 6.45) is -1.72. The average Bonchev–Trinajstić information content (AvgIpc) is 3.63. The van der Waals surface area contributed by atoms with Crippen LogP contribution in [0.5, 0.6) is 0 Å². The Kier molecular flexibility index (Phi) is 9.97. The molecule has 292 valence electrons. The Hall–Kier alpha value is -5.70. The number of hydrogen-bond acceptors (Lipinski definition) is 1. The highest BCUT2D eigenvalue weighted by Crippen LogP contribution is 2.38. The summed E-state index contributed by atoms with van der Waals surface area (Å²) in [4.78, 5) is 2.85. The van der Waals surface area contributed by atoms with E-state index in [9.17, 15) is 0 Å². The van der Waals surface area contributed by atoms with Gasteiger partial charge < -0.3 is 9.30 Å². The lowest BCUT2D eigenvalue weighted by Gasteiger charge is -2.42. The second kappa shape index (κ2) is 15.2. The molecule has 0 saturated carbocycles. The Labute approximate surface area is 353 Å². The first-order valence-corrected chi connectivity index (χ1v) is 21.5. The highest BCUT2D eigenvalue weighted by Gasteiger charge is 2.57. The predicted octanol–water partition coefficient (Wildman–Crippen LogP) is 8.81. The minimum Gasteiger partial charge on any atom is -0.437 e. The van der Waals surface area contributed by atoms with E-state index in [4.69, 9.17) is 0 Å². The topological polar surface area (TPSA) is 6.25 Å². The second-order valence-electron chi connectivity index (χ2n) is 17.9. The summed E-state index contributed by atoms with van der Waals surface area (Å²) in [7, 11) is 0. The Morgan fingerprint density at radius 2 is 0.966 bits per heavy atom. The van der Waals surface area contributed by atoms with Gasteiger partial charge in [-0.25, -0.2) is 0 Å². The first-order valence-electron chi connectivity index (χ1n) is 21.5. The standard InChI is InChI=1S/C55H56B2N2/c1-36-28-39(4)51(40(5)29-36)56-49-26-18-16-24-47(49)54(58(56)34-45-20-12-10-13-21-45)55-48-25-17-19-27-50(48)57(52-41(6)30-37(2)31-42(52)7,53-43(8)32-38(3)33-44(53)9)59(55)35-46-22-14-11-15-23-46/h10-33,54H,34-35H2,1-9H3/t54-/m0/s1. The van der Waals surface area contributed by atoms with Crippen LogP contribution in [0.25, 0.3) is 0 Å². The number of fused-ring (bicyclic) bond motifs is 2. The molecule has 7 aromatic rings. The monoisotopic (exact) mass is 766 g/mol. The van der Waals surface area contributed by atoms with Gasteiger partial charge in [0.1, 0.15) is 18.3 Å². The molecule has 2 nitrogen and oxygen atoms in total. The molecular formula is C55H56B2N2. The molecule has 0 spiro atoms. The van der Waals surface area contributed by atoms with Gasteiger partial charge in [-0.05, 0) is 73.4 Å². The molecule has 9 rings (SSSR count). The van der Waals surface area contributed by atoms with Gasteiger partial charge in [-0.3, -0.25) is 0 Å². The number of aryl methyl sites for hydroxylation is 9. The van der Waals surface area contributed by atoms with Crippen LogP contribution in [-0.2, 0) is 13.1 Å². The van der Waals surface area contributed by atoms with Crippen molar-refractivity contribution in [1.82, 2.24) is 4.81 Å². The van der Waals surface area contributed by atoms with Crippen LogP contribution in [0.2, 0.25) is 0 Å². The normalized spacial score (nSPS) is 15.8. The largest absolute Gasteiger partial charge is 0.437 e. The smallest absolute Gasteiger partial charge is 0.357 e. The lowest BCUT2D eigenvalue weighted by molar-refractivity contribution is -0.410. The third kappa shape index (κ3) is 6.35. The van der Waals surface area contributed by atoms with Crippen LogP contribution < -0.4 is 27.3 Å².